The number of hydrogen-bond donors (Lipinski definition) is 1. The lowest BCUT2D eigenvalue weighted by Crippen LogP contribution is -2.47. The summed E-state index contributed by atoms with van der Waals surface area (Å²) < 4.78 is 10.4. The number of urea groups is 1. The minimum Gasteiger partial charge on any atom is -0.497 e. The van der Waals surface area contributed by atoms with Crippen molar-refractivity contribution in [2.45, 2.75) is 19.4 Å². The van der Waals surface area contributed by atoms with Gasteiger partial charge >= 0.3 is 6.03 Å². The maximum Gasteiger partial charge on any atom is 0.317 e. The van der Waals surface area contributed by atoms with Gasteiger partial charge in [0, 0.05) is 37.2 Å². The molecule has 3 rings (SSSR count). The van der Waals surface area contributed by atoms with E-state index in [0.717, 1.165) is 16.8 Å². The number of benzene rings is 2. The minimum absolute atomic E-state index is 0.134. The number of halogens is 1. The molecule has 33 heavy (non-hydrogen) atoms. The molecule has 8 nitrogen and oxygen atoms in total. The summed E-state index contributed by atoms with van der Waals surface area (Å²) in [6, 6.07) is 14.3. The molecule has 0 fully saturated rings. The Bertz CT molecular complexity index is 1010. The summed E-state index contributed by atoms with van der Waals surface area (Å²) in [6.45, 7) is 2.75. The fraction of sp³-hybridized carbons (Fsp3) is 0.375. The highest BCUT2D eigenvalue weighted by Crippen LogP contribution is 2.36. The van der Waals surface area contributed by atoms with Gasteiger partial charge in [0.05, 0.1) is 25.5 Å². The summed E-state index contributed by atoms with van der Waals surface area (Å²) in [4.78, 5) is 27.3. The Morgan fingerprint density at radius 2 is 2.00 bits per heavy atom. The predicted octanol–water partition coefficient (Wildman–Crippen LogP) is 3.70. The van der Waals surface area contributed by atoms with Crippen molar-refractivity contribution in [3.8, 4) is 5.75 Å². The van der Waals surface area contributed by atoms with E-state index < -0.39 is 0 Å². The summed E-state index contributed by atoms with van der Waals surface area (Å²) in [7, 11) is 3.16. The van der Waals surface area contributed by atoms with Crippen LogP contribution in [0.15, 0.2) is 53.6 Å². The van der Waals surface area contributed by atoms with Gasteiger partial charge in [-0.25, -0.2) is 9.80 Å². The van der Waals surface area contributed by atoms with Crippen molar-refractivity contribution in [2.24, 2.45) is 5.10 Å². The lowest BCUT2D eigenvalue weighted by Gasteiger charge is -2.27. The highest BCUT2D eigenvalue weighted by atomic mass is 35.5. The summed E-state index contributed by atoms with van der Waals surface area (Å²) >= 11 is 6.48. The van der Waals surface area contributed by atoms with Gasteiger partial charge in [0.2, 0.25) is 0 Å². The van der Waals surface area contributed by atoms with Crippen LogP contribution in [0.25, 0.3) is 0 Å². The minimum atomic E-state index is -0.383. The molecular formula is C24H29ClN4O4. The van der Waals surface area contributed by atoms with Crippen molar-refractivity contribution in [1.29, 1.82) is 0 Å². The van der Waals surface area contributed by atoms with Crippen molar-refractivity contribution in [2.75, 3.05) is 40.5 Å². The maximum absolute atomic E-state index is 13.4. The van der Waals surface area contributed by atoms with E-state index in [2.05, 4.69) is 10.4 Å². The molecule has 1 aliphatic heterocycles. The molecular weight excluding hydrogens is 444 g/mol. The highest BCUT2D eigenvalue weighted by molar-refractivity contribution is 6.31. The molecule has 9 heteroatoms. The molecule has 0 unspecified atom stereocenters. The van der Waals surface area contributed by atoms with Crippen molar-refractivity contribution >= 4 is 29.3 Å². The molecule has 2 aromatic carbocycles. The number of nitrogens with one attached hydrogen (secondary N) is 1. The van der Waals surface area contributed by atoms with E-state index in [4.69, 9.17) is 21.1 Å². The molecule has 0 aromatic heterocycles. The first-order chi connectivity index (χ1) is 16.0. The third-order valence-electron chi connectivity index (χ3n) is 5.34. The van der Waals surface area contributed by atoms with Gasteiger partial charge < -0.3 is 19.7 Å². The van der Waals surface area contributed by atoms with Crippen LogP contribution in [0.2, 0.25) is 5.02 Å². The number of methoxy groups -OCH3 is 2. The molecule has 176 valence electrons. The fourth-order valence-corrected chi connectivity index (χ4v) is 3.92. The van der Waals surface area contributed by atoms with E-state index in [-0.39, 0.29) is 31.1 Å². The second kappa shape index (κ2) is 11.7. The molecule has 1 N–H and O–H groups in total. The number of carbonyl (C=O) groups is 2. The number of nitrogens with zero attached hydrogens (tertiary/aromatic N) is 3. The zero-order valence-electron chi connectivity index (χ0n) is 19.1. The van der Waals surface area contributed by atoms with Crippen molar-refractivity contribution in [3.63, 3.8) is 0 Å². The van der Waals surface area contributed by atoms with E-state index in [9.17, 15) is 9.59 Å². The Labute approximate surface area is 199 Å². The van der Waals surface area contributed by atoms with Crippen LogP contribution in [0.1, 0.15) is 30.5 Å². The van der Waals surface area contributed by atoms with E-state index in [1.165, 1.54) is 9.91 Å². The zero-order chi connectivity index (χ0) is 23.8. The summed E-state index contributed by atoms with van der Waals surface area (Å²) in [5, 5.41) is 9.40. The largest absolute Gasteiger partial charge is 0.497 e. The van der Waals surface area contributed by atoms with Gasteiger partial charge in [-0.2, -0.15) is 5.10 Å². The van der Waals surface area contributed by atoms with Gasteiger partial charge in [-0.05, 0) is 30.7 Å². The number of hydrazone groups is 1. The third-order valence-corrected chi connectivity index (χ3v) is 5.68. The number of rotatable bonds is 9. The topological polar surface area (TPSA) is 83.5 Å². The zero-order valence-corrected chi connectivity index (χ0v) is 19.8. The third kappa shape index (κ3) is 6.03. The second-order valence-electron chi connectivity index (χ2n) is 7.51. The van der Waals surface area contributed by atoms with Crippen molar-refractivity contribution in [3.05, 3.63) is 64.7 Å². The first kappa shape index (κ1) is 24.5. The lowest BCUT2D eigenvalue weighted by atomic mass is 9.98. The van der Waals surface area contributed by atoms with Crippen LogP contribution in [0, 0.1) is 0 Å². The van der Waals surface area contributed by atoms with Gasteiger partial charge in [-0.15, -0.1) is 0 Å². The lowest BCUT2D eigenvalue weighted by molar-refractivity contribution is -0.133. The Hall–Kier alpha value is -3.10. The van der Waals surface area contributed by atoms with Crippen LogP contribution in [-0.2, 0) is 9.53 Å². The molecule has 0 radical (unpaired) electrons. The predicted molar refractivity (Wildman–Crippen MR) is 128 cm³/mol. The Kier molecular flexibility index (Phi) is 8.68. The molecule has 0 saturated carbocycles. The quantitative estimate of drug-likeness (QED) is 0.603. The SMILES string of the molecule is CCNC(=O)N(CCOC)CC(=O)N1N=C(c2cccc(OC)c2)C[C@H]1c1ccccc1Cl. The molecule has 0 spiro atoms. The van der Waals surface area contributed by atoms with Crippen LogP contribution < -0.4 is 10.1 Å². The maximum atomic E-state index is 13.4. The number of ether oxygens (including phenoxy) is 2. The first-order valence-electron chi connectivity index (χ1n) is 10.8. The van der Waals surface area contributed by atoms with E-state index in [1.54, 1.807) is 20.3 Å². The second-order valence-corrected chi connectivity index (χ2v) is 7.92. The van der Waals surface area contributed by atoms with Crippen LogP contribution in [0.3, 0.4) is 0 Å². The smallest absolute Gasteiger partial charge is 0.317 e. The first-order valence-corrected chi connectivity index (χ1v) is 11.2. The molecule has 1 atom stereocenters. The van der Waals surface area contributed by atoms with Crippen LogP contribution in [0.5, 0.6) is 5.75 Å². The highest BCUT2D eigenvalue weighted by Gasteiger charge is 2.35. The summed E-state index contributed by atoms with van der Waals surface area (Å²) in [6.07, 6.45) is 0.488. The number of carbonyl (C=O) groups excluding carboxylic acids is 2. The molecule has 0 saturated heterocycles. The Morgan fingerprint density at radius 1 is 1.21 bits per heavy atom. The molecule has 1 heterocycles. The fourth-order valence-electron chi connectivity index (χ4n) is 3.66. The Balaban J connectivity index is 1.92. The average molecular weight is 473 g/mol. The molecule has 3 amide bonds. The van der Waals surface area contributed by atoms with E-state index >= 15 is 0 Å². The van der Waals surface area contributed by atoms with Crippen LogP contribution >= 0.6 is 11.6 Å². The van der Waals surface area contributed by atoms with Gasteiger partial charge in [0.1, 0.15) is 12.3 Å². The van der Waals surface area contributed by atoms with E-state index in [1.807, 2.05) is 49.4 Å². The van der Waals surface area contributed by atoms with Crippen LogP contribution in [0.4, 0.5) is 4.79 Å². The van der Waals surface area contributed by atoms with Crippen molar-refractivity contribution in [1.82, 2.24) is 15.2 Å². The van der Waals surface area contributed by atoms with Gasteiger partial charge in [-0.1, -0.05) is 41.9 Å². The number of hydrogen-bond acceptors (Lipinski definition) is 5. The normalized spacial score (nSPS) is 15.2. The van der Waals surface area contributed by atoms with Gasteiger partial charge in [0.25, 0.3) is 5.91 Å². The molecule has 1 aliphatic rings. The summed E-state index contributed by atoms with van der Waals surface area (Å²) in [5.41, 5.74) is 2.41. The van der Waals surface area contributed by atoms with Gasteiger partial charge in [-0.3, -0.25) is 4.79 Å². The molecule has 2 aromatic rings. The van der Waals surface area contributed by atoms with Gasteiger partial charge in [0.15, 0.2) is 0 Å². The van der Waals surface area contributed by atoms with Crippen molar-refractivity contribution < 1.29 is 19.1 Å². The molecule has 0 aliphatic carbocycles. The number of amides is 3. The van der Waals surface area contributed by atoms with Crippen LogP contribution in [-0.4, -0.2) is 68.0 Å². The summed E-state index contributed by atoms with van der Waals surface area (Å²) in [5.74, 6) is 0.399. The molecule has 0 bridgehead atoms. The standard InChI is InChI=1S/C24H29ClN4O4/c1-4-26-24(31)28(12-13-32-2)16-23(30)29-22(19-10-5-6-11-20(19)25)15-21(27-29)17-8-7-9-18(14-17)33-3/h5-11,14,22H,4,12-13,15-16H2,1-3H3,(H,26,31)/t22-/m0/s1. The average Bonchev–Trinajstić information content (AvgIpc) is 3.27. The monoisotopic (exact) mass is 472 g/mol. The Morgan fingerprint density at radius 3 is 2.70 bits per heavy atom. The van der Waals surface area contributed by atoms with E-state index in [0.29, 0.717) is 30.3 Å².